The van der Waals surface area contributed by atoms with E-state index in [9.17, 15) is 0 Å². The number of nitrogens with one attached hydrogen (secondary N) is 1. The normalized spacial score (nSPS) is 12.4. The summed E-state index contributed by atoms with van der Waals surface area (Å²) in [6.45, 7) is 2.78. The summed E-state index contributed by atoms with van der Waals surface area (Å²) in [5.74, 6) is 1.75. The first kappa shape index (κ1) is 14.6. The summed E-state index contributed by atoms with van der Waals surface area (Å²) in [6.07, 6.45) is 0. The number of hydrogen-bond acceptors (Lipinski definition) is 3. The molecule has 1 aromatic carbocycles. The largest absolute Gasteiger partial charge is 0.497 e. The molecule has 1 heterocycles. The SMILES string of the molecule is COc1cccc([C@H](C)NCc2cc(Br)c(Br)o2)c1. The first-order valence-electron chi connectivity index (χ1n) is 5.91. The molecule has 0 amide bonds. The molecule has 0 fully saturated rings. The third-order valence-corrected chi connectivity index (χ3v) is 4.58. The van der Waals surface area contributed by atoms with Gasteiger partial charge in [0.15, 0.2) is 4.67 Å². The number of furan rings is 1. The fourth-order valence-corrected chi connectivity index (χ4v) is 2.42. The number of ether oxygens (including phenoxy) is 1. The van der Waals surface area contributed by atoms with Crippen molar-refractivity contribution in [2.45, 2.75) is 19.5 Å². The van der Waals surface area contributed by atoms with E-state index >= 15 is 0 Å². The molecule has 0 saturated carbocycles. The Hall–Kier alpha value is -0.780. The average molecular weight is 389 g/mol. The van der Waals surface area contributed by atoms with Crippen LogP contribution in [-0.2, 0) is 6.54 Å². The van der Waals surface area contributed by atoms with Gasteiger partial charge in [-0.15, -0.1) is 0 Å². The maximum Gasteiger partial charge on any atom is 0.183 e. The van der Waals surface area contributed by atoms with E-state index in [2.05, 4.69) is 50.2 Å². The number of halogens is 2. The van der Waals surface area contributed by atoms with Crippen LogP contribution >= 0.6 is 31.9 Å². The van der Waals surface area contributed by atoms with Gasteiger partial charge in [-0.25, -0.2) is 0 Å². The Bertz CT molecular complexity index is 535. The second-order valence-corrected chi connectivity index (χ2v) is 5.79. The molecule has 1 atom stereocenters. The molecule has 0 saturated heterocycles. The predicted molar refractivity (Wildman–Crippen MR) is 82.4 cm³/mol. The molecule has 0 aliphatic rings. The Balaban J connectivity index is 1.98. The lowest BCUT2D eigenvalue weighted by molar-refractivity contribution is 0.412. The van der Waals surface area contributed by atoms with E-state index in [0.29, 0.717) is 6.54 Å². The third kappa shape index (κ3) is 3.84. The summed E-state index contributed by atoms with van der Waals surface area (Å²) in [4.78, 5) is 0. The van der Waals surface area contributed by atoms with Crippen LogP contribution in [0.2, 0.25) is 0 Å². The van der Waals surface area contributed by atoms with Crippen LogP contribution in [0.3, 0.4) is 0 Å². The first-order valence-corrected chi connectivity index (χ1v) is 7.50. The Labute approximate surface area is 129 Å². The van der Waals surface area contributed by atoms with Crippen LogP contribution in [0.4, 0.5) is 0 Å². The van der Waals surface area contributed by atoms with E-state index in [1.54, 1.807) is 7.11 Å². The van der Waals surface area contributed by atoms with E-state index in [4.69, 9.17) is 9.15 Å². The van der Waals surface area contributed by atoms with Crippen LogP contribution in [-0.4, -0.2) is 7.11 Å². The molecule has 2 aromatic rings. The highest BCUT2D eigenvalue weighted by atomic mass is 79.9. The molecule has 2 rings (SSSR count). The summed E-state index contributed by atoms with van der Waals surface area (Å²) < 4.78 is 12.4. The molecule has 0 radical (unpaired) electrons. The van der Waals surface area contributed by atoms with Gasteiger partial charge in [0.1, 0.15) is 11.5 Å². The Morgan fingerprint density at radius 2 is 2.11 bits per heavy atom. The highest BCUT2D eigenvalue weighted by Gasteiger charge is 2.09. The van der Waals surface area contributed by atoms with Gasteiger partial charge in [-0.1, -0.05) is 12.1 Å². The van der Waals surface area contributed by atoms with Crippen molar-refractivity contribution in [1.82, 2.24) is 5.32 Å². The number of hydrogen-bond donors (Lipinski definition) is 1. The van der Waals surface area contributed by atoms with Gasteiger partial charge in [0.05, 0.1) is 18.1 Å². The summed E-state index contributed by atoms with van der Waals surface area (Å²) in [7, 11) is 1.68. The van der Waals surface area contributed by atoms with Crippen molar-refractivity contribution in [1.29, 1.82) is 0 Å². The van der Waals surface area contributed by atoms with Crippen LogP contribution in [0.25, 0.3) is 0 Å². The molecule has 1 N–H and O–H groups in total. The summed E-state index contributed by atoms with van der Waals surface area (Å²) in [6, 6.07) is 10.2. The fraction of sp³-hybridized carbons (Fsp3) is 0.286. The lowest BCUT2D eigenvalue weighted by Gasteiger charge is -2.14. The van der Waals surface area contributed by atoms with E-state index in [0.717, 1.165) is 20.7 Å². The third-order valence-electron chi connectivity index (χ3n) is 2.87. The highest BCUT2D eigenvalue weighted by molar-refractivity contribution is 9.13. The summed E-state index contributed by atoms with van der Waals surface area (Å²) >= 11 is 6.73. The maximum atomic E-state index is 5.53. The van der Waals surface area contributed by atoms with E-state index in [1.807, 2.05) is 24.3 Å². The van der Waals surface area contributed by atoms with Crippen molar-refractivity contribution in [2.75, 3.05) is 7.11 Å². The second kappa shape index (κ2) is 6.59. The van der Waals surface area contributed by atoms with Crippen LogP contribution in [0, 0.1) is 0 Å². The van der Waals surface area contributed by atoms with Crippen LogP contribution < -0.4 is 10.1 Å². The Morgan fingerprint density at radius 1 is 1.32 bits per heavy atom. The molecule has 0 aliphatic carbocycles. The van der Waals surface area contributed by atoms with Crippen molar-refractivity contribution < 1.29 is 9.15 Å². The van der Waals surface area contributed by atoms with E-state index in [-0.39, 0.29) is 6.04 Å². The molecule has 0 unspecified atom stereocenters. The van der Waals surface area contributed by atoms with E-state index in [1.165, 1.54) is 5.56 Å². The topological polar surface area (TPSA) is 34.4 Å². The molecular weight excluding hydrogens is 374 g/mol. The fourth-order valence-electron chi connectivity index (χ4n) is 1.76. The summed E-state index contributed by atoms with van der Waals surface area (Å²) in [5, 5.41) is 3.42. The lowest BCUT2D eigenvalue weighted by atomic mass is 10.1. The number of benzene rings is 1. The van der Waals surface area contributed by atoms with Crippen molar-refractivity contribution in [2.24, 2.45) is 0 Å². The van der Waals surface area contributed by atoms with Gasteiger partial charge < -0.3 is 14.5 Å². The molecule has 1 aromatic heterocycles. The minimum atomic E-state index is 0.220. The molecule has 0 spiro atoms. The van der Waals surface area contributed by atoms with Gasteiger partial charge in [-0.2, -0.15) is 0 Å². The zero-order valence-corrected chi connectivity index (χ0v) is 13.9. The number of methoxy groups -OCH3 is 1. The predicted octanol–water partition coefficient (Wildman–Crippen LogP) is 4.66. The van der Waals surface area contributed by atoms with Crippen molar-refractivity contribution in [3.05, 3.63) is 50.8 Å². The quantitative estimate of drug-likeness (QED) is 0.808. The Morgan fingerprint density at radius 3 is 2.74 bits per heavy atom. The molecule has 5 heteroatoms. The van der Waals surface area contributed by atoms with Gasteiger partial charge >= 0.3 is 0 Å². The maximum absolute atomic E-state index is 5.53. The van der Waals surface area contributed by atoms with Crippen molar-refractivity contribution in [3.8, 4) is 5.75 Å². The smallest absolute Gasteiger partial charge is 0.183 e. The van der Waals surface area contributed by atoms with E-state index < -0.39 is 0 Å². The molecule has 102 valence electrons. The van der Waals surface area contributed by atoms with Gasteiger partial charge in [-0.3, -0.25) is 0 Å². The van der Waals surface area contributed by atoms with Crippen LogP contribution in [0.5, 0.6) is 5.75 Å². The van der Waals surface area contributed by atoms with Gasteiger partial charge in [-0.05, 0) is 62.5 Å². The zero-order valence-electron chi connectivity index (χ0n) is 10.7. The van der Waals surface area contributed by atoms with Gasteiger partial charge in [0.2, 0.25) is 0 Å². The van der Waals surface area contributed by atoms with Crippen LogP contribution in [0.1, 0.15) is 24.3 Å². The minimum absolute atomic E-state index is 0.220. The minimum Gasteiger partial charge on any atom is -0.497 e. The van der Waals surface area contributed by atoms with Crippen LogP contribution in [0.15, 0.2) is 43.9 Å². The molecule has 0 bridgehead atoms. The monoisotopic (exact) mass is 387 g/mol. The van der Waals surface area contributed by atoms with Crippen molar-refractivity contribution >= 4 is 31.9 Å². The second-order valence-electron chi connectivity index (χ2n) is 4.21. The van der Waals surface area contributed by atoms with Gasteiger partial charge in [0, 0.05) is 6.04 Å². The highest BCUT2D eigenvalue weighted by Crippen LogP contribution is 2.27. The average Bonchev–Trinajstić information content (AvgIpc) is 2.75. The van der Waals surface area contributed by atoms with Gasteiger partial charge in [0.25, 0.3) is 0 Å². The standard InChI is InChI=1S/C14H15Br2NO2/c1-9(10-4-3-5-11(6-10)18-2)17-8-12-7-13(15)14(16)19-12/h3-7,9,17H,8H2,1-2H3/t9-/m0/s1. The molecule has 0 aliphatic heterocycles. The first-order chi connectivity index (χ1) is 9.10. The van der Waals surface area contributed by atoms with Crippen molar-refractivity contribution in [3.63, 3.8) is 0 Å². The summed E-state index contributed by atoms with van der Waals surface area (Å²) in [5.41, 5.74) is 1.18. The molecular formula is C14H15Br2NO2. The zero-order chi connectivity index (χ0) is 13.8. The lowest BCUT2D eigenvalue weighted by Crippen LogP contribution is -2.17. The molecule has 3 nitrogen and oxygen atoms in total. The number of rotatable bonds is 5. The molecule has 19 heavy (non-hydrogen) atoms. The Kier molecular flexibility index (Phi) is 5.07.